The van der Waals surface area contributed by atoms with Crippen LogP contribution in [0.1, 0.15) is 11.1 Å². The molecule has 0 bridgehead atoms. The number of hydrogen-bond acceptors (Lipinski definition) is 4. The third kappa shape index (κ3) is 5.60. The maximum atomic E-state index is 12.1. The molecular formula is C19H18BrN3O3. The van der Waals surface area contributed by atoms with Crippen LogP contribution in [0.25, 0.3) is 0 Å². The highest BCUT2D eigenvalue weighted by Crippen LogP contribution is 2.20. The molecule has 0 aromatic heterocycles. The Morgan fingerprint density at radius 2 is 1.92 bits per heavy atom. The minimum absolute atomic E-state index is 0.0783. The molecule has 0 aliphatic heterocycles. The van der Waals surface area contributed by atoms with Crippen molar-refractivity contribution in [1.29, 1.82) is 5.26 Å². The highest BCUT2D eigenvalue weighted by Gasteiger charge is 2.14. The number of anilines is 1. The van der Waals surface area contributed by atoms with Crippen LogP contribution in [-0.4, -0.2) is 36.9 Å². The van der Waals surface area contributed by atoms with Crippen LogP contribution in [0.4, 0.5) is 5.69 Å². The fourth-order valence-electron chi connectivity index (χ4n) is 2.14. The number of carbonyl (C=O) groups excluding carboxylic acids is 2. The molecule has 0 aliphatic rings. The van der Waals surface area contributed by atoms with Crippen molar-refractivity contribution in [3.8, 4) is 11.8 Å². The minimum atomic E-state index is -0.322. The Bertz CT molecular complexity index is 844. The Morgan fingerprint density at radius 1 is 1.23 bits per heavy atom. The zero-order valence-corrected chi connectivity index (χ0v) is 16.0. The van der Waals surface area contributed by atoms with Gasteiger partial charge in [-0.15, -0.1) is 0 Å². The van der Waals surface area contributed by atoms with Gasteiger partial charge in [-0.2, -0.15) is 5.26 Å². The van der Waals surface area contributed by atoms with Crippen LogP contribution in [0.15, 0.2) is 46.9 Å². The summed E-state index contributed by atoms with van der Waals surface area (Å²) in [6.45, 7) is 1.62. The van der Waals surface area contributed by atoms with Crippen LogP contribution in [0.2, 0.25) is 0 Å². The van der Waals surface area contributed by atoms with Gasteiger partial charge in [-0.3, -0.25) is 9.59 Å². The van der Waals surface area contributed by atoms with Crippen LogP contribution in [0.5, 0.6) is 5.75 Å². The average molecular weight is 416 g/mol. The smallest absolute Gasteiger partial charge is 0.260 e. The van der Waals surface area contributed by atoms with E-state index in [9.17, 15) is 9.59 Å². The lowest BCUT2D eigenvalue weighted by Crippen LogP contribution is -2.37. The van der Waals surface area contributed by atoms with Gasteiger partial charge in [-0.25, -0.2) is 0 Å². The predicted octanol–water partition coefficient (Wildman–Crippen LogP) is 3.11. The number of amides is 2. The van der Waals surface area contributed by atoms with Gasteiger partial charge in [-0.1, -0.05) is 15.9 Å². The highest BCUT2D eigenvalue weighted by atomic mass is 79.9. The fourth-order valence-corrected chi connectivity index (χ4v) is 2.62. The van der Waals surface area contributed by atoms with Crippen LogP contribution < -0.4 is 10.1 Å². The Balaban J connectivity index is 1.83. The number of hydrogen-bond donors (Lipinski definition) is 1. The molecule has 2 amide bonds. The minimum Gasteiger partial charge on any atom is -0.484 e. The van der Waals surface area contributed by atoms with Gasteiger partial charge in [0.15, 0.2) is 6.61 Å². The molecule has 6 nitrogen and oxygen atoms in total. The lowest BCUT2D eigenvalue weighted by Gasteiger charge is -2.17. The molecule has 0 atom stereocenters. The van der Waals surface area contributed by atoms with E-state index >= 15 is 0 Å². The largest absolute Gasteiger partial charge is 0.484 e. The molecule has 134 valence electrons. The van der Waals surface area contributed by atoms with Gasteiger partial charge < -0.3 is 15.0 Å². The lowest BCUT2D eigenvalue weighted by molar-refractivity contribution is -0.135. The summed E-state index contributed by atoms with van der Waals surface area (Å²) in [4.78, 5) is 25.5. The van der Waals surface area contributed by atoms with Crippen molar-refractivity contribution >= 4 is 33.4 Å². The van der Waals surface area contributed by atoms with Gasteiger partial charge in [-0.05, 0) is 55.0 Å². The summed E-state index contributed by atoms with van der Waals surface area (Å²) in [7, 11) is 1.54. The molecule has 0 fully saturated rings. The first-order valence-electron chi connectivity index (χ1n) is 7.82. The van der Waals surface area contributed by atoms with Crippen LogP contribution in [-0.2, 0) is 9.59 Å². The summed E-state index contributed by atoms with van der Waals surface area (Å²) in [6.07, 6.45) is 0. The molecule has 26 heavy (non-hydrogen) atoms. The van der Waals surface area contributed by atoms with Crippen LogP contribution >= 0.6 is 15.9 Å². The molecule has 7 heteroatoms. The molecule has 2 rings (SSSR count). The number of nitrogens with one attached hydrogen (secondary N) is 1. The predicted molar refractivity (Wildman–Crippen MR) is 102 cm³/mol. The van der Waals surface area contributed by atoms with E-state index in [-0.39, 0.29) is 25.0 Å². The SMILES string of the molecule is Cc1cc(Br)ccc1NC(=O)CN(C)C(=O)COc1ccc(C#N)cc1. The first-order chi connectivity index (χ1) is 12.4. The van der Waals surface area contributed by atoms with Crippen LogP contribution in [0, 0.1) is 18.3 Å². The number of halogens is 1. The summed E-state index contributed by atoms with van der Waals surface area (Å²) in [5.41, 5.74) is 2.14. The Kier molecular flexibility index (Phi) is 6.75. The maximum Gasteiger partial charge on any atom is 0.260 e. The molecular weight excluding hydrogens is 398 g/mol. The van der Waals surface area contributed by atoms with Crippen molar-refractivity contribution in [2.24, 2.45) is 0 Å². The van der Waals surface area contributed by atoms with Crippen molar-refractivity contribution in [2.75, 3.05) is 25.5 Å². The first-order valence-corrected chi connectivity index (χ1v) is 8.61. The number of rotatable bonds is 6. The van der Waals surface area contributed by atoms with Crippen molar-refractivity contribution in [2.45, 2.75) is 6.92 Å². The third-order valence-electron chi connectivity index (χ3n) is 3.61. The standard InChI is InChI=1S/C19H18BrN3O3/c1-13-9-15(20)5-8-17(13)22-18(24)11-23(2)19(25)12-26-16-6-3-14(10-21)4-7-16/h3-9H,11-12H2,1-2H3,(H,22,24). The second kappa shape index (κ2) is 9.02. The number of ether oxygens (including phenoxy) is 1. The molecule has 2 aromatic rings. The zero-order valence-electron chi connectivity index (χ0n) is 14.5. The van der Waals surface area contributed by atoms with E-state index < -0.39 is 0 Å². The van der Waals surface area contributed by atoms with Gasteiger partial charge in [0.2, 0.25) is 5.91 Å². The molecule has 2 aromatic carbocycles. The first kappa shape index (κ1) is 19.5. The van der Waals surface area contributed by atoms with Crippen LogP contribution in [0.3, 0.4) is 0 Å². The molecule has 0 saturated heterocycles. The maximum absolute atomic E-state index is 12.1. The van der Waals surface area contributed by atoms with Crippen molar-refractivity contribution < 1.29 is 14.3 Å². The highest BCUT2D eigenvalue weighted by molar-refractivity contribution is 9.10. The quantitative estimate of drug-likeness (QED) is 0.785. The molecule has 0 aliphatic carbocycles. The normalized spacial score (nSPS) is 9.92. The van der Waals surface area contributed by atoms with Gasteiger partial charge in [0.1, 0.15) is 5.75 Å². The topological polar surface area (TPSA) is 82.4 Å². The van der Waals surface area contributed by atoms with E-state index in [2.05, 4.69) is 21.2 Å². The van der Waals surface area contributed by atoms with Gasteiger partial charge in [0.05, 0.1) is 18.2 Å². The molecule has 0 radical (unpaired) electrons. The van der Waals surface area contributed by atoms with Gasteiger partial charge in [0, 0.05) is 17.2 Å². The molecule has 0 spiro atoms. The summed E-state index contributed by atoms with van der Waals surface area (Å²) in [5, 5.41) is 11.5. The van der Waals surface area contributed by atoms with Gasteiger partial charge >= 0.3 is 0 Å². The van der Waals surface area contributed by atoms with Crippen molar-refractivity contribution in [3.63, 3.8) is 0 Å². The number of likely N-dealkylation sites (N-methyl/N-ethyl adjacent to an activating group) is 1. The van der Waals surface area contributed by atoms with E-state index in [4.69, 9.17) is 10.00 Å². The number of benzene rings is 2. The number of nitrogens with zero attached hydrogens (tertiary/aromatic N) is 2. The third-order valence-corrected chi connectivity index (χ3v) is 4.11. The van der Waals surface area contributed by atoms with Gasteiger partial charge in [0.25, 0.3) is 5.91 Å². The second-order valence-electron chi connectivity index (χ2n) is 5.68. The van der Waals surface area contributed by atoms with E-state index in [0.717, 1.165) is 10.0 Å². The van der Waals surface area contributed by atoms with E-state index in [1.165, 1.54) is 4.90 Å². The number of aryl methyl sites for hydroxylation is 1. The molecule has 0 unspecified atom stereocenters. The number of carbonyl (C=O) groups is 2. The molecule has 1 N–H and O–H groups in total. The van der Waals surface area contributed by atoms with Crippen molar-refractivity contribution in [3.05, 3.63) is 58.1 Å². The molecule has 0 heterocycles. The van der Waals surface area contributed by atoms with E-state index in [0.29, 0.717) is 17.0 Å². The fraction of sp³-hybridized carbons (Fsp3) is 0.211. The summed E-state index contributed by atoms with van der Waals surface area (Å²) >= 11 is 3.37. The van der Waals surface area contributed by atoms with E-state index in [1.54, 1.807) is 37.4 Å². The second-order valence-corrected chi connectivity index (χ2v) is 6.60. The summed E-state index contributed by atoms with van der Waals surface area (Å²) < 4.78 is 6.31. The molecule has 0 saturated carbocycles. The van der Waals surface area contributed by atoms with E-state index in [1.807, 2.05) is 25.1 Å². The lowest BCUT2D eigenvalue weighted by atomic mass is 10.2. The Morgan fingerprint density at radius 3 is 2.54 bits per heavy atom. The average Bonchev–Trinajstić information content (AvgIpc) is 2.62. The number of nitriles is 1. The Labute approximate surface area is 160 Å². The monoisotopic (exact) mass is 415 g/mol. The zero-order chi connectivity index (χ0) is 19.1. The summed E-state index contributed by atoms with van der Waals surface area (Å²) in [6, 6.07) is 14.0. The summed E-state index contributed by atoms with van der Waals surface area (Å²) in [5.74, 6) is -0.123. The Hall–Kier alpha value is -2.85. The van der Waals surface area contributed by atoms with Crippen molar-refractivity contribution in [1.82, 2.24) is 4.90 Å².